The van der Waals surface area contributed by atoms with E-state index in [4.69, 9.17) is 0 Å². The van der Waals surface area contributed by atoms with Crippen molar-refractivity contribution >= 4 is 104 Å². The van der Waals surface area contributed by atoms with Gasteiger partial charge in [-0.2, -0.15) is 0 Å². The average molecular weight is 871 g/mol. The van der Waals surface area contributed by atoms with Crippen molar-refractivity contribution in [2.45, 2.75) is 0 Å². The van der Waals surface area contributed by atoms with Gasteiger partial charge in [0.25, 0.3) is 0 Å². The van der Waals surface area contributed by atoms with Crippen molar-refractivity contribution in [2.75, 3.05) is 4.90 Å². The lowest BCUT2D eigenvalue weighted by Gasteiger charge is -2.28. The molecule has 2 nitrogen and oxygen atoms in total. The fourth-order valence-electron chi connectivity index (χ4n) is 10.2. The lowest BCUT2D eigenvalue weighted by Crippen LogP contribution is -2.11. The third kappa shape index (κ3) is 6.71. The lowest BCUT2D eigenvalue weighted by molar-refractivity contribution is 1.18. The van der Waals surface area contributed by atoms with Crippen molar-refractivity contribution in [1.29, 1.82) is 0 Å². The van der Waals surface area contributed by atoms with E-state index in [1.54, 1.807) is 0 Å². The SMILES string of the molecule is C(=C(\c1cc(N(c2ccccc2)c2cccc3ccccc23)c2sc3ccc(-c4ccc5c6ccccc6n(-c6ccccc6)c5c4)cc3c2c1)c1cccc2ccccc12)/c1ccccc1. The molecule has 0 amide bonds. The van der Waals surface area contributed by atoms with Gasteiger partial charge in [-0.25, -0.2) is 0 Å². The second kappa shape index (κ2) is 16.2. The third-order valence-corrected chi connectivity index (χ3v) is 14.5. The van der Waals surface area contributed by atoms with Crippen molar-refractivity contribution < 1.29 is 0 Å². The minimum absolute atomic E-state index is 1.11. The molecule has 0 saturated carbocycles. The van der Waals surface area contributed by atoms with Crippen LogP contribution in [0, 0.1) is 0 Å². The molecular weight excluding hydrogens is 829 g/mol. The van der Waals surface area contributed by atoms with Gasteiger partial charge in [0, 0.05) is 43.0 Å². The Balaban J connectivity index is 1.10. The monoisotopic (exact) mass is 870 g/mol. The van der Waals surface area contributed by atoms with Crippen molar-refractivity contribution in [3.63, 3.8) is 0 Å². The van der Waals surface area contributed by atoms with Gasteiger partial charge in [0.2, 0.25) is 0 Å². The number of benzene rings is 11. The van der Waals surface area contributed by atoms with Gasteiger partial charge in [-0.15, -0.1) is 11.3 Å². The summed E-state index contributed by atoms with van der Waals surface area (Å²) in [6, 6.07) is 91.0. The fourth-order valence-corrected chi connectivity index (χ4v) is 11.4. The Morgan fingerprint density at radius 3 is 1.82 bits per heavy atom. The van der Waals surface area contributed by atoms with E-state index in [-0.39, 0.29) is 0 Å². The molecule has 0 saturated heterocycles. The number of rotatable bonds is 8. The summed E-state index contributed by atoms with van der Waals surface area (Å²) in [5.74, 6) is 0. The molecule has 11 aromatic carbocycles. The van der Waals surface area contributed by atoms with Gasteiger partial charge < -0.3 is 9.47 Å². The minimum atomic E-state index is 1.11. The van der Waals surface area contributed by atoms with Crippen LogP contribution in [0.3, 0.4) is 0 Å². The van der Waals surface area contributed by atoms with Crippen molar-refractivity contribution in [1.82, 2.24) is 4.57 Å². The maximum Gasteiger partial charge on any atom is 0.0646 e. The average Bonchev–Trinajstić information content (AvgIpc) is 3.94. The Bertz CT molecular complexity index is 4020. The minimum Gasteiger partial charge on any atom is -0.309 e. The van der Waals surface area contributed by atoms with Gasteiger partial charge in [-0.05, 0) is 122 Å². The van der Waals surface area contributed by atoms with Gasteiger partial charge in [-0.1, -0.05) is 182 Å². The summed E-state index contributed by atoms with van der Waals surface area (Å²) < 4.78 is 4.90. The number of aromatic nitrogens is 1. The summed E-state index contributed by atoms with van der Waals surface area (Å²) in [6.45, 7) is 0. The van der Waals surface area contributed by atoms with Gasteiger partial charge in [0.1, 0.15) is 0 Å². The van der Waals surface area contributed by atoms with Crippen molar-refractivity contribution in [3.8, 4) is 16.8 Å². The topological polar surface area (TPSA) is 8.17 Å². The molecule has 13 rings (SSSR count). The molecule has 0 aliphatic heterocycles. The number of anilines is 3. The molecule has 0 aliphatic rings. The molecule has 0 radical (unpaired) electrons. The summed E-state index contributed by atoms with van der Waals surface area (Å²) in [5, 5.41) is 9.83. The normalized spacial score (nSPS) is 12.0. The van der Waals surface area contributed by atoms with E-state index in [2.05, 4.69) is 264 Å². The molecule has 0 bridgehead atoms. The van der Waals surface area contributed by atoms with Crippen LogP contribution in [0.5, 0.6) is 0 Å². The quantitative estimate of drug-likeness (QED) is 0.138. The number of hydrogen-bond acceptors (Lipinski definition) is 2. The van der Waals surface area contributed by atoms with Gasteiger partial charge in [0.05, 0.1) is 27.1 Å². The van der Waals surface area contributed by atoms with Gasteiger partial charge >= 0.3 is 0 Å². The van der Waals surface area contributed by atoms with Crippen molar-refractivity contribution in [2.24, 2.45) is 0 Å². The first-order chi connectivity index (χ1) is 33.2. The predicted octanol–water partition coefficient (Wildman–Crippen LogP) is 18.2. The second-order valence-corrected chi connectivity index (χ2v) is 18.3. The summed E-state index contributed by atoms with van der Waals surface area (Å²) >= 11 is 1.88. The Labute approximate surface area is 393 Å². The molecule has 0 fully saturated rings. The maximum absolute atomic E-state index is 2.49. The molecule has 0 atom stereocenters. The highest BCUT2D eigenvalue weighted by Gasteiger charge is 2.23. The van der Waals surface area contributed by atoms with Crippen LogP contribution in [0.15, 0.2) is 249 Å². The fraction of sp³-hybridized carbons (Fsp3) is 0. The first-order valence-electron chi connectivity index (χ1n) is 22.9. The van der Waals surface area contributed by atoms with Crippen LogP contribution >= 0.6 is 11.3 Å². The lowest BCUT2D eigenvalue weighted by atomic mass is 9.90. The Morgan fingerprint density at radius 2 is 1.01 bits per heavy atom. The number of hydrogen-bond donors (Lipinski definition) is 0. The zero-order valence-corrected chi connectivity index (χ0v) is 37.4. The zero-order valence-electron chi connectivity index (χ0n) is 36.6. The number of nitrogens with zero attached hydrogens (tertiary/aromatic N) is 2. The molecule has 0 spiro atoms. The Hall–Kier alpha value is -8.50. The van der Waals surface area contributed by atoms with Crippen LogP contribution in [0.1, 0.15) is 16.7 Å². The molecule has 0 unspecified atom stereocenters. The van der Waals surface area contributed by atoms with Crippen molar-refractivity contribution in [3.05, 3.63) is 265 Å². The van der Waals surface area contributed by atoms with E-state index in [0.29, 0.717) is 0 Å². The molecule has 0 aliphatic carbocycles. The predicted molar refractivity (Wildman–Crippen MR) is 289 cm³/mol. The molecule has 2 heterocycles. The largest absolute Gasteiger partial charge is 0.309 e. The van der Waals surface area contributed by atoms with E-state index < -0.39 is 0 Å². The molecule has 67 heavy (non-hydrogen) atoms. The first kappa shape index (κ1) is 38.9. The maximum atomic E-state index is 2.49. The van der Waals surface area contributed by atoms with Gasteiger partial charge in [0.15, 0.2) is 0 Å². The summed E-state index contributed by atoms with van der Waals surface area (Å²) in [5.41, 5.74) is 14.0. The number of thiophene rings is 1. The van der Waals surface area contributed by atoms with E-state index in [1.165, 1.54) is 85.8 Å². The van der Waals surface area contributed by atoms with E-state index >= 15 is 0 Å². The Morgan fingerprint density at radius 1 is 0.403 bits per heavy atom. The van der Waals surface area contributed by atoms with E-state index in [1.807, 2.05) is 11.3 Å². The summed E-state index contributed by atoms with van der Waals surface area (Å²) in [6.07, 6.45) is 2.37. The highest BCUT2D eigenvalue weighted by molar-refractivity contribution is 7.26. The highest BCUT2D eigenvalue weighted by atomic mass is 32.1. The molecule has 0 N–H and O–H groups in total. The van der Waals surface area contributed by atoms with Crippen LogP contribution in [-0.2, 0) is 0 Å². The standard InChI is InChI=1S/C64H42N2S/c1-4-18-43(19-5-1)38-56(53-31-16-22-44-20-10-12-28-51(44)53)48-40-58-57-39-46(47-34-36-55-54-30-14-15-32-60(54)65(61(55)41-47)49-24-6-2-7-25-49)35-37-63(57)67-64(58)62(42-48)66(50-26-8-3-9-27-50)59-33-17-23-45-21-11-13-29-52(45)59/h1-42H/b56-38-. The zero-order chi connectivity index (χ0) is 44.3. The molecule has 2 aromatic heterocycles. The smallest absolute Gasteiger partial charge is 0.0646 e. The van der Waals surface area contributed by atoms with Crippen LogP contribution in [0.2, 0.25) is 0 Å². The molecule has 3 heteroatoms. The van der Waals surface area contributed by atoms with Crippen LogP contribution in [0.4, 0.5) is 17.1 Å². The molecule has 13 aromatic rings. The van der Waals surface area contributed by atoms with Crippen LogP contribution in [0.25, 0.3) is 92.0 Å². The van der Waals surface area contributed by atoms with Gasteiger partial charge in [-0.3, -0.25) is 0 Å². The summed E-state index contributed by atoms with van der Waals surface area (Å²) in [4.78, 5) is 2.49. The van der Waals surface area contributed by atoms with Crippen LogP contribution in [-0.4, -0.2) is 4.57 Å². The number of para-hydroxylation sites is 3. The van der Waals surface area contributed by atoms with E-state index in [9.17, 15) is 0 Å². The van der Waals surface area contributed by atoms with Crippen LogP contribution < -0.4 is 4.90 Å². The van der Waals surface area contributed by atoms with E-state index in [0.717, 1.165) is 33.9 Å². The highest BCUT2D eigenvalue weighted by Crippen LogP contribution is 2.49. The first-order valence-corrected chi connectivity index (χ1v) is 23.7. The molecule has 314 valence electrons. The Kier molecular flexibility index (Phi) is 9.40. The number of fused-ring (bicyclic) bond motifs is 8. The summed E-state index contributed by atoms with van der Waals surface area (Å²) in [7, 11) is 0. The second-order valence-electron chi connectivity index (χ2n) is 17.3. The third-order valence-electron chi connectivity index (χ3n) is 13.3. The molecular formula is C64H42N2S.